The van der Waals surface area contributed by atoms with Gasteiger partial charge < -0.3 is 15.5 Å². The number of carbonyl (C=O) groups excluding carboxylic acids is 1. The first-order chi connectivity index (χ1) is 9.00. The van der Waals surface area contributed by atoms with Crippen molar-refractivity contribution in [2.24, 2.45) is 5.92 Å². The second-order valence-corrected chi connectivity index (χ2v) is 4.54. The highest BCUT2D eigenvalue weighted by Crippen LogP contribution is 2.15. The monoisotopic (exact) mass is 265 g/mol. The number of aliphatic carboxylic acids is 1. The van der Waals surface area contributed by atoms with Gasteiger partial charge in [0.25, 0.3) is 0 Å². The quantitative estimate of drug-likeness (QED) is 0.653. The number of hydrogen-bond donors (Lipinski definition) is 3. The van der Waals surface area contributed by atoms with E-state index in [2.05, 4.69) is 5.32 Å². The van der Waals surface area contributed by atoms with E-state index in [1.165, 1.54) is 6.07 Å². The summed E-state index contributed by atoms with van der Waals surface area (Å²) < 4.78 is 0. The molecule has 1 amide bonds. The van der Waals surface area contributed by atoms with Gasteiger partial charge in [0.1, 0.15) is 5.75 Å². The first-order valence-electron chi connectivity index (χ1n) is 6.27. The number of aromatic hydroxyl groups is 1. The fourth-order valence-electron chi connectivity index (χ4n) is 1.66. The Hall–Kier alpha value is -2.04. The number of carbonyl (C=O) groups is 2. The molecule has 19 heavy (non-hydrogen) atoms. The molecule has 0 aliphatic rings. The Morgan fingerprint density at radius 2 is 2.00 bits per heavy atom. The van der Waals surface area contributed by atoms with Gasteiger partial charge in [-0.15, -0.1) is 0 Å². The normalized spacial score (nSPS) is 11.8. The van der Waals surface area contributed by atoms with Gasteiger partial charge in [-0.25, -0.2) is 0 Å². The van der Waals surface area contributed by atoms with Gasteiger partial charge in [-0.2, -0.15) is 0 Å². The van der Waals surface area contributed by atoms with E-state index in [0.29, 0.717) is 24.9 Å². The minimum Gasteiger partial charge on any atom is -0.508 e. The van der Waals surface area contributed by atoms with Crippen LogP contribution in [-0.2, 0) is 16.0 Å². The van der Waals surface area contributed by atoms with Crippen molar-refractivity contribution in [2.75, 3.05) is 6.54 Å². The van der Waals surface area contributed by atoms with Crippen molar-refractivity contribution in [1.29, 1.82) is 0 Å². The average Bonchev–Trinajstić information content (AvgIpc) is 2.37. The van der Waals surface area contributed by atoms with E-state index in [-0.39, 0.29) is 18.1 Å². The van der Waals surface area contributed by atoms with Gasteiger partial charge in [-0.1, -0.05) is 25.1 Å². The van der Waals surface area contributed by atoms with E-state index in [1.807, 2.05) is 0 Å². The molecule has 1 aromatic rings. The van der Waals surface area contributed by atoms with Gasteiger partial charge in [-0.3, -0.25) is 9.59 Å². The van der Waals surface area contributed by atoms with E-state index in [1.54, 1.807) is 25.1 Å². The highest BCUT2D eigenvalue weighted by molar-refractivity contribution is 5.79. The second-order valence-electron chi connectivity index (χ2n) is 4.54. The summed E-state index contributed by atoms with van der Waals surface area (Å²) in [5, 5.41) is 20.9. The largest absolute Gasteiger partial charge is 0.508 e. The molecule has 104 valence electrons. The molecule has 0 aliphatic heterocycles. The van der Waals surface area contributed by atoms with E-state index in [0.717, 1.165) is 0 Å². The van der Waals surface area contributed by atoms with Crippen LogP contribution in [0.2, 0.25) is 0 Å². The molecule has 0 fully saturated rings. The van der Waals surface area contributed by atoms with Crippen molar-refractivity contribution in [3.8, 4) is 5.75 Å². The molecule has 0 saturated carbocycles. The van der Waals surface area contributed by atoms with Crippen molar-refractivity contribution in [1.82, 2.24) is 5.32 Å². The number of carboxylic acid groups (broad SMARTS) is 1. The second kappa shape index (κ2) is 7.41. The molecule has 0 saturated heterocycles. The fraction of sp³-hybridized carbons (Fsp3) is 0.429. The molecule has 0 aliphatic carbocycles. The summed E-state index contributed by atoms with van der Waals surface area (Å²) in [6, 6.07) is 6.69. The molecule has 1 unspecified atom stereocenters. The Morgan fingerprint density at radius 3 is 2.63 bits per heavy atom. The van der Waals surface area contributed by atoms with Crippen LogP contribution in [-0.4, -0.2) is 28.6 Å². The van der Waals surface area contributed by atoms with Crippen LogP contribution in [0.15, 0.2) is 24.3 Å². The van der Waals surface area contributed by atoms with Gasteiger partial charge in [0.2, 0.25) is 5.91 Å². The molecular formula is C14H19NO4. The minimum atomic E-state index is -0.819. The fourth-order valence-corrected chi connectivity index (χ4v) is 1.66. The third kappa shape index (κ3) is 5.42. The van der Waals surface area contributed by atoms with Crippen molar-refractivity contribution in [3.63, 3.8) is 0 Å². The van der Waals surface area contributed by atoms with Crippen molar-refractivity contribution in [3.05, 3.63) is 29.8 Å². The summed E-state index contributed by atoms with van der Waals surface area (Å²) in [5.41, 5.74) is 0.582. The lowest BCUT2D eigenvalue weighted by Gasteiger charge is -2.08. The smallest absolute Gasteiger partial charge is 0.306 e. The van der Waals surface area contributed by atoms with Crippen LogP contribution in [0.25, 0.3) is 0 Å². The van der Waals surface area contributed by atoms with Crippen LogP contribution in [0.3, 0.4) is 0 Å². The van der Waals surface area contributed by atoms with Crippen molar-refractivity contribution < 1.29 is 19.8 Å². The zero-order valence-electron chi connectivity index (χ0n) is 10.9. The van der Waals surface area contributed by atoms with Crippen molar-refractivity contribution >= 4 is 11.9 Å². The standard InChI is InChI=1S/C14H19NO4/c1-10(14(18)19)5-4-8-15-13(17)9-11-6-2-3-7-12(11)16/h2-3,6-7,10,16H,4-5,8-9H2,1H3,(H,15,17)(H,18,19). The summed E-state index contributed by atoms with van der Waals surface area (Å²) in [7, 11) is 0. The Kier molecular flexibility index (Phi) is 5.85. The molecule has 5 nitrogen and oxygen atoms in total. The molecule has 0 heterocycles. The first kappa shape index (κ1) is 15.0. The lowest BCUT2D eigenvalue weighted by atomic mass is 10.1. The molecular weight excluding hydrogens is 246 g/mol. The van der Waals surface area contributed by atoms with Gasteiger partial charge in [0, 0.05) is 12.1 Å². The Balaban J connectivity index is 2.26. The summed E-state index contributed by atoms with van der Waals surface area (Å²) in [6.45, 7) is 2.09. The molecule has 0 radical (unpaired) electrons. The summed E-state index contributed by atoms with van der Waals surface area (Å²) in [4.78, 5) is 22.2. The topological polar surface area (TPSA) is 86.6 Å². The number of nitrogens with one attached hydrogen (secondary N) is 1. The van der Waals surface area contributed by atoms with Gasteiger partial charge in [-0.05, 0) is 18.9 Å². The summed E-state index contributed by atoms with van der Waals surface area (Å²) >= 11 is 0. The van der Waals surface area contributed by atoms with Crippen LogP contribution in [0.4, 0.5) is 0 Å². The van der Waals surface area contributed by atoms with Crippen molar-refractivity contribution in [2.45, 2.75) is 26.2 Å². The predicted molar refractivity (Wildman–Crippen MR) is 70.9 cm³/mol. The van der Waals surface area contributed by atoms with Crippen LogP contribution in [0.5, 0.6) is 5.75 Å². The number of amides is 1. The maximum absolute atomic E-state index is 11.6. The molecule has 1 atom stereocenters. The third-order valence-electron chi connectivity index (χ3n) is 2.90. The van der Waals surface area contributed by atoms with Crippen LogP contribution >= 0.6 is 0 Å². The predicted octanol–water partition coefficient (Wildman–Crippen LogP) is 1.55. The highest BCUT2D eigenvalue weighted by Gasteiger charge is 2.10. The number of benzene rings is 1. The van der Waals surface area contributed by atoms with E-state index >= 15 is 0 Å². The molecule has 0 aromatic heterocycles. The number of phenolic OH excluding ortho intramolecular Hbond substituents is 1. The van der Waals surface area contributed by atoms with Gasteiger partial charge >= 0.3 is 5.97 Å². The van der Waals surface area contributed by atoms with E-state index < -0.39 is 11.9 Å². The van der Waals surface area contributed by atoms with Gasteiger partial charge in [0.15, 0.2) is 0 Å². The number of phenols is 1. The summed E-state index contributed by atoms with van der Waals surface area (Å²) in [6.07, 6.45) is 1.29. The third-order valence-corrected chi connectivity index (χ3v) is 2.90. The van der Waals surface area contributed by atoms with Gasteiger partial charge in [0.05, 0.1) is 12.3 Å². The highest BCUT2D eigenvalue weighted by atomic mass is 16.4. The zero-order valence-corrected chi connectivity index (χ0v) is 10.9. The lowest BCUT2D eigenvalue weighted by molar-refractivity contribution is -0.141. The number of hydrogen-bond acceptors (Lipinski definition) is 3. The SMILES string of the molecule is CC(CCCNC(=O)Cc1ccccc1O)C(=O)O. The van der Waals surface area contributed by atoms with E-state index in [9.17, 15) is 14.7 Å². The molecule has 5 heteroatoms. The Bertz CT molecular complexity index is 445. The number of carboxylic acids is 1. The maximum atomic E-state index is 11.6. The van der Waals surface area contributed by atoms with Crippen LogP contribution < -0.4 is 5.32 Å². The maximum Gasteiger partial charge on any atom is 0.306 e. The van der Waals surface area contributed by atoms with E-state index in [4.69, 9.17) is 5.11 Å². The molecule has 1 rings (SSSR count). The Morgan fingerprint density at radius 1 is 1.32 bits per heavy atom. The average molecular weight is 265 g/mol. The minimum absolute atomic E-state index is 0.108. The summed E-state index contributed by atoms with van der Waals surface area (Å²) in [5.74, 6) is -1.28. The number of rotatable bonds is 7. The molecule has 0 bridgehead atoms. The molecule has 3 N–H and O–H groups in total. The van der Waals surface area contributed by atoms with Crippen LogP contribution in [0, 0.1) is 5.92 Å². The number of para-hydroxylation sites is 1. The first-order valence-corrected chi connectivity index (χ1v) is 6.27. The molecule has 0 spiro atoms. The van der Waals surface area contributed by atoms with Crippen LogP contribution in [0.1, 0.15) is 25.3 Å². The Labute approximate surface area is 112 Å². The molecule has 1 aromatic carbocycles. The zero-order chi connectivity index (χ0) is 14.3. The lowest BCUT2D eigenvalue weighted by Crippen LogP contribution is -2.26.